The molecule has 1 amide bonds. The van der Waals surface area contributed by atoms with Crippen molar-refractivity contribution in [1.82, 2.24) is 4.90 Å². The molecule has 0 spiro atoms. The lowest BCUT2D eigenvalue weighted by Gasteiger charge is -2.43. The molecule has 0 radical (unpaired) electrons. The van der Waals surface area contributed by atoms with Crippen LogP contribution in [0.15, 0.2) is 24.3 Å². The maximum absolute atomic E-state index is 13.3. The van der Waals surface area contributed by atoms with E-state index in [2.05, 4.69) is 13.8 Å². The standard InChI is InChI=1S/C16H23FN2O/c1-11(12-5-4-6-13(17)9-12)15(20)19-8-7-14(18)16(2,3)10-19/h4-6,9,11,14H,7-8,10,18H2,1-3H3. The number of halogens is 1. The summed E-state index contributed by atoms with van der Waals surface area (Å²) in [5.41, 5.74) is 6.75. The van der Waals surface area contributed by atoms with Crippen molar-refractivity contribution in [3.63, 3.8) is 0 Å². The monoisotopic (exact) mass is 278 g/mol. The molecular formula is C16H23FN2O. The Hall–Kier alpha value is -1.42. The SMILES string of the molecule is CC(C(=O)N1CCC(N)C(C)(C)C1)c1cccc(F)c1. The van der Waals surface area contributed by atoms with E-state index in [1.54, 1.807) is 12.1 Å². The van der Waals surface area contributed by atoms with Crippen LogP contribution in [0.2, 0.25) is 0 Å². The van der Waals surface area contributed by atoms with Gasteiger partial charge in [0, 0.05) is 19.1 Å². The largest absolute Gasteiger partial charge is 0.342 e. The van der Waals surface area contributed by atoms with Crippen LogP contribution in [0, 0.1) is 11.2 Å². The lowest BCUT2D eigenvalue weighted by molar-refractivity contribution is -0.135. The molecule has 4 heteroatoms. The van der Waals surface area contributed by atoms with Gasteiger partial charge in [0.05, 0.1) is 5.92 Å². The van der Waals surface area contributed by atoms with Gasteiger partial charge in [0.1, 0.15) is 5.82 Å². The highest BCUT2D eigenvalue weighted by atomic mass is 19.1. The van der Waals surface area contributed by atoms with Crippen molar-refractivity contribution in [2.24, 2.45) is 11.1 Å². The molecule has 1 saturated heterocycles. The van der Waals surface area contributed by atoms with Crippen LogP contribution in [-0.2, 0) is 4.79 Å². The van der Waals surface area contributed by atoms with Gasteiger partial charge in [0.15, 0.2) is 0 Å². The minimum absolute atomic E-state index is 0.0515. The zero-order valence-electron chi connectivity index (χ0n) is 12.4. The maximum atomic E-state index is 13.3. The smallest absolute Gasteiger partial charge is 0.229 e. The normalized spacial score (nSPS) is 23.4. The molecular weight excluding hydrogens is 255 g/mol. The Morgan fingerprint density at radius 3 is 2.80 bits per heavy atom. The minimum Gasteiger partial charge on any atom is -0.342 e. The Morgan fingerprint density at radius 1 is 1.50 bits per heavy atom. The second kappa shape index (κ2) is 5.52. The van der Waals surface area contributed by atoms with Gasteiger partial charge in [0.25, 0.3) is 0 Å². The second-order valence-electron chi connectivity index (χ2n) is 6.42. The number of rotatable bonds is 2. The summed E-state index contributed by atoms with van der Waals surface area (Å²) < 4.78 is 13.3. The van der Waals surface area contributed by atoms with Crippen LogP contribution in [0.4, 0.5) is 4.39 Å². The van der Waals surface area contributed by atoms with Gasteiger partial charge < -0.3 is 10.6 Å². The molecule has 20 heavy (non-hydrogen) atoms. The first-order valence-corrected chi connectivity index (χ1v) is 7.11. The first-order valence-electron chi connectivity index (χ1n) is 7.11. The zero-order chi connectivity index (χ0) is 14.9. The molecule has 2 N–H and O–H groups in total. The van der Waals surface area contributed by atoms with Crippen molar-refractivity contribution in [3.05, 3.63) is 35.6 Å². The van der Waals surface area contributed by atoms with E-state index in [1.807, 2.05) is 11.8 Å². The highest BCUT2D eigenvalue weighted by molar-refractivity contribution is 5.83. The number of benzene rings is 1. The van der Waals surface area contributed by atoms with Crippen LogP contribution in [0.1, 0.15) is 38.7 Å². The van der Waals surface area contributed by atoms with Crippen molar-refractivity contribution in [2.75, 3.05) is 13.1 Å². The molecule has 2 rings (SSSR count). The third kappa shape index (κ3) is 3.01. The van der Waals surface area contributed by atoms with Gasteiger partial charge >= 0.3 is 0 Å². The van der Waals surface area contributed by atoms with E-state index in [0.717, 1.165) is 12.0 Å². The summed E-state index contributed by atoms with van der Waals surface area (Å²) >= 11 is 0. The lowest BCUT2D eigenvalue weighted by atomic mass is 9.79. The summed E-state index contributed by atoms with van der Waals surface area (Å²) in [6.07, 6.45) is 0.814. The predicted molar refractivity (Wildman–Crippen MR) is 77.8 cm³/mol. The van der Waals surface area contributed by atoms with Crippen LogP contribution in [0.3, 0.4) is 0 Å². The van der Waals surface area contributed by atoms with E-state index in [9.17, 15) is 9.18 Å². The quantitative estimate of drug-likeness (QED) is 0.903. The van der Waals surface area contributed by atoms with Crippen LogP contribution in [0.5, 0.6) is 0 Å². The third-order valence-electron chi connectivity index (χ3n) is 4.34. The van der Waals surface area contributed by atoms with Crippen LogP contribution in [0.25, 0.3) is 0 Å². The summed E-state index contributed by atoms with van der Waals surface area (Å²) in [7, 11) is 0. The molecule has 0 aliphatic carbocycles. The molecule has 2 atom stereocenters. The molecule has 2 unspecified atom stereocenters. The number of nitrogens with zero attached hydrogens (tertiary/aromatic N) is 1. The Morgan fingerprint density at radius 2 is 2.20 bits per heavy atom. The van der Waals surface area contributed by atoms with Crippen molar-refractivity contribution in [1.29, 1.82) is 0 Å². The molecule has 1 aliphatic heterocycles. The number of carbonyl (C=O) groups excluding carboxylic acids is 1. The fourth-order valence-corrected chi connectivity index (χ4v) is 2.75. The van der Waals surface area contributed by atoms with Gasteiger partial charge in [-0.15, -0.1) is 0 Å². The average Bonchev–Trinajstić information content (AvgIpc) is 2.40. The Kier molecular flexibility index (Phi) is 4.14. The predicted octanol–water partition coefficient (Wildman–Crippen LogP) is 2.52. The summed E-state index contributed by atoms with van der Waals surface area (Å²) in [6, 6.07) is 6.39. The lowest BCUT2D eigenvalue weighted by Crippen LogP contribution is -2.54. The molecule has 1 aliphatic rings. The molecule has 1 fully saturated rings. The number of hydrogen-bond donors (Lipinski definition) is 1. The maximum Gasteiger partial charge on any atom is 0.229 e. The van der Waals surface area contributed by atoms with Crippen LogP contribution >= 0.6 is 0 Å². The molecule has 3 nitrogen and oxygen atoms in total. The van der Waals surface area contributed by atoms with Crippen molar-refractivity contribution < 1.29 is 9.18 Å². The Balaban J connectivity index is 2.11. The van der Waals surface area contributed by atoms with E-state index in [0.29, 0.717) is 13.1 Å². The molecule has 1 aromatic rings. The third-order valence-corrected chi connectivity index (χ3v) is 4.34. The van der Waals surface area contributed by atoms with Gasteiger partial charge in [-0.1, -0.05) is 26.0 Å². The number of carbonyl (C=O) groups is 1. The molecule has 110 valence electrons. The molecule has 0 saturated carbocycles. The van der Waals surface area contributed by atoms with E-state index < -0.39 is 0 Å². The van der Waals surface area contributed by atoms with Crippen molar-refractivity contribution in [2.45, 2.75) is 39.2 Å². The number of likely N-dealkylation sites (tertiary alicyclic amines) is 1. The number of piperidine rings is 1. The topological polar surface area (TPSA) is 46.3 Å². The number of hydrogen-bond acceptors (Lipinski definition) is 2. The fraction of sp³-hybridized carbons (Fsp3) is 0.562. The Bertz CT molecular complexity index is 501. The van der Waals surface area contributed by atoms with E-state index >= 15 is 0 Å². The summed E-state index contributed by atoms with van der Waals surface area (Å²) in [6.45, 7) is 7.35. The molecule has 1 aromatic carbocycles. The van der Waals surface area contributed by atoms with Gasteiger partial charge in [-0.3, -0.25) is 4.79 Å². The highest BCUT2D eigenvalue weighted by Crippen LogP contribution is 2.30. The minimum atomic E-state index is -0.323. The summed E-state index contributed by atoms with van der Waals surface area (Å²) in [4.78, 5) is 14.4. The average molecular weight is 278 g/mol. The summed E-state index contributed by atoms with van der Waals surface area (Å²) in [5, 5.41) is 0. The second-order valence-corrected chi connectivity index (χ2v) is 6.42. The zero-order valence-corrected chi connectivity index (χ0v) is 12.4. The molecule has 1 heterocycles. The van der Waals surface area contributed by atoms with Crippen LogP contribution < -0.4 is 5.73 Å². The van der Waals surface area contributed by atoms with Gasteiger partial charge in [0.2, 0.25) is 5.91 Å². The van der Waals surface area contributed by atoms with E-state index in [-0.39, 0.29) is 29.1 Å². The highest BCUT2D eigenvalue weighted by Gasteiger charge is 2.36. The first-order chi connectivity index (χ1) is 9.31. The van der Waals surface area contributed by atoms with Gasteiger partial charge in [-0.05, 0) is 36.5 Å². The Labute approximate surface area is 120 Å². The van der Waals surface area contributed by atoms with Gasteiger partial charge in [-0.25, -0.2) is 4.39 Å². The molecule has 0 aromatic heterocycles. The number of amides is 1. The van der Waals surface area contributed by atoms with E-state index in [1.165, 1.54) is 12.1 Å². The van der Waals surface area contributed by atoms with E-state index in [4.69, 9.17) is 5.73 Å². The van der Waals surface area contributed by atoms with Crippen molar-refractivity contribution >= 4 is 5.91 Å². The van der Waals surface area contributed by atoms with Gasteiger partial charge in [-0.2, -0.15) is 0 Å². The summed E-state index contributed by atoms with van der Waals surface area (Å²) in [5.74, 6) is -0.574. The number of nitrogens with two attached hydrogens (primary N) is 1. The van der Waals surface area contributed by atoms with Crippen molar-refractivity contribution in [3.8, 4) is 0 Å². The molecule has 0 bridgehead atoms. The fourth-order valence-electron chi connectivity index (χ4n) is 2.75. The first kappa shape index (κ1) is 15.0. The van der Waals surface area contributed by atoms with Crippen LogP contribution in [-0.4, -0.2) is 29.9 Å².